The lowest BCUT2D eigenvalue weighted by atomic mass is 9.80. The van der Waals surface area contributed by atoms with Crippen LogP contribution in [0.1, 0.15) is 36.6 Å². The van der Waals surface area contributed by atoms with Crippen LogP contribution in [0, 0.1) is 5.92 Å². The number of benzene rings is 2. The summed E-state index contributed by atoms with van der Waals surface area (Å²) < 4.78 is 0. The summed E-state index contributed by atoms with van der Waals surface area (Å²) in [5, 5.41) is 0. The van der Waals surface area contributed by atoms with Crippen LogP contribution in [0.4, 0.5) is 0 Å². The summed E-state index contributed by atoms with van der Waals surface area (Å²) in [6.07, 6.45) is 0.602. The van der Waals surface area contributed by atoms with E-state index in [-0.39, 0.29) is 18.0 Å². The predicted octanol–water partition coefficient (Wildman–Crippen LogP) is 4.01. The number of Topliss-reactive ketones (excluding diaryl/α,β-unsaturated/α-hetero) is 1. The van der Waals surface area contributed by atoms with Crippen LogP contribution in [0.3, 0.4) is 0 Å². The topological polar surface area (TPSA) is 20.3 Å². The van der Waals surface area contributed by atoms with Crippen molar-refractivity contribution in [3.63, 3.8) is 0 Å². The number of hydrogen-bond acceptors (Lipinski definition) is 2. The van der Waals surface area contributed by atoms with Crippen LogP contribution >= 0.6 is 0 Å². The summed E-state index contributed by atoms with van der Waals surface area (Å²) in [4.78, 5) is 14.8. The van der Waals surface area contributed by atoms with E-state index in [4.69, 9.17) is 0 Å². The normalized spacial score (nSPS) is 26.8. The fraction of sp³-hybridized carbons (Fsp3) is 0.316. The molecule has 1 saturated heterocycles. The van der Waals surface area contributed by atoms with E-state index < -0.39 is 0 Å². The number of ketones is 1. The third kappa shape index (κ3) is 2.64. The Morgan fingerprint density at radius 2 is 1.43 bits per heavy atom. The van der Waals surface area contributed by atoms with Gasteiger partial charge in [-0.15, -0.1) is 0 Å². The predicted molar refractivity (Wildman–Crippen MR) is 84.9 cm³/mol. The summed E-state index contributed by atoms with van der Waals surface area (Å²) >= 11 is 0. The first-order valence-electron chi connectivity index (χ1n) is 7.53. The molecule has 1 aliphatic heterocycles. The number of carbonyl (C=O) groups is 1. The van der Waals surface area contributed by atoms with Crippen molar-refractivity contribution < 1.29 is 4.79 Å². The van der Waals surface area contributed by atoms with Gasteiger partial charge in [0.15, 0.2) is 0 Å². The van der Waals surface area contributed by atoms with Gasteiger partial charge in [0.05, 0.1) is 0 Å². The molecule has 2 aromatic rings. The van der Waals surface area contributed by atoms with Crippen molar-refractivity contribution in [2.45, 2.75) is 25.4 Å². The van der Waals surface area contributed by atoms with E-state index in [1.807, 2.05) is 36.4 Å². The fourth-order valence-corrected chi connectivity index (χ4v) is 3.45. The molecule has 1 aliphatic rings. The van der Waals surface area contributed by atoms with Gasteiger partial charge in [0, 0.05) is 24.4 Å². The number of carbonyl (C=O) groups excluding carboxylic acids is 1. The summed E-state index contributed by atoms with van der Waals surface area (Å²) in [5.41, 5.74) is 2.45. The van der Waals surface area contributed by atoms with Crippen molar-refractivity contribution >= 4 is 5.78 Å². The highest BCUT2D eigenvalue weighted by Gasteiger charge is 2.39. The van der Waals surface area contributed by atoms with Crippen LogP contribution in [0.2, 0.25) is 0 Å². The van der Waals surface area contributed by atoms with Gasteiger partial charge in [0.25, 0.3) is 0 Å². The number of nitrogens with zero attached hydrogens (tertiary/aromatic N) is 1. The van der Waals surface area contributed by atoms with Gasteiger partial charge in [-0.05, 0) is 18.2 Å². The summed E-state index contributed by atoms with van der Waals surface area (Å²) in [7, 11) is 2.14. The Kier molecular flexibility index (Phi) is 3.89. The van der Waals surface area contributed by atoms with Crippen LogP contribution in [0.5, 0.6) is 0 Å². The molecule has 2 nitrogen and oxygen atoms in total. The average molecular weight is 279 g/mol. The van der Waals surface area contributed by atoms with Crippen molar-refractivity contribution in [2.75, 3.05) is 7.05 Å². The molecule has 3 unspecified atom stereocenters. The van der Waals surface area contributed by atoms with Crippen LogP contribution < -0.4 is 0 Å². The van der Waals surface area contributed by atoms with Crippen molar-refractivity contribution in [1.29, 1.82) is 0 Å². The van der Waals surface area contributed by atoms with Crippen molar-refractivity contribution in [3.8, 4) is 0 Å². The molecule has 0 bridgehead atoms. The van der Waals surface area contributed by atoms with Gasteiger partial charge in [-0.2, -0.15) is 0 Å². The monoisotopic (exact) mass is 279 g/mol. The molecule has 3 rings (SSSR count). The minimum Gasteiger partial charge on any atom is -0.299 e. The Morgan fingerprint density at radius 3 is 2.00 bits per heavy atom. The van der Waals surface area contributed by atoms with Gasteiger partial charge in [-0.1, -0.05) is 67.6 Å². The molecule has 1 fully saturated rings. The first kappa shape index (κ1) is 14.0. The molecule has 21 heavy (non-hydrogen) atoms. The van der Waals surface area contributed by atoms with E-state index in [9.17, 15) is 4.79 Å². The Bertz CT molecular complexity index is 608. The molecule has 0 amide bonds. The zero-order valence-electron chi connectivity index (χ0n) is 12.6. The van der Waals surface area contributed by atoms with Crippen LogP contribution in [-0.2, 0) is 4.79 Å². The maximum absolute atomic E-state index is 12.5. The maximum Gasteiger partial charge on any atom is 0.139 e. The summed E-state index contributed by atoms with van der Waals surface area (Å²) in [6, 6.07) is 21.0. The molecule has 1 heterocycles. The maximum atomic E-state index is 12.5. The van der Waals surface area contributed by atoms with Gasteiger partial charge in [-0.3, -0.25) is 9.69 Å². The van der Waals surface area contributed by atoms with Crippen LogP contribution in [0.15, 0.2) is 60.7 Å². The molecule has 3 atom stereocenters. The van der Waals surface area contributed by atoms with Crippen molar-refractivity contribution in [1.82, 2.24) is 4.90 Å². The van der Waals surface area contributed by atoms with Crippen molar-refractivity contribution in [3.05, 3.63) is 71.8 Å². The highest BCUT2D eigenvalue weighted by molar-refractivity contribution is 5.83. The number of likely N-dealkylation sites (tertiary alicyclic amines) is 1. The zero-order valence-corrected chi connectivity index (χ0v) is 12.6. The van der Waals surface area contributed by atoms with E-state index in [0.717, 1.165) is 0 Å². The van der Waals surface area contributed by atoms with Gasteiger partial charge in [0.2, 0.25) is 0 Å². The summed E-state index contributed by atoms with van der Waals surface area (Å²) in [6.45, 7) is 2.05. The number of rotatable bonds is 2. The molecule has 2 aromatic carbocycles. The zero-order chi connectivity index (χ0) is 14.8. The highest BCUT2D eigenvalue weighted by atomic mass is 16.1. The van der Waals surface area contributed by atoms with Crippen LogP contribution in [-0.4, -0.2) is 17.7 Å². The molecule has 0 radical (unpaired) electrons. The molecule has 0 saturated carbocycles. The van der Waals surface area contributed by atoms with E-state index in [0.29, 0.717) is 12.2 Å². The fourth-order valence-electron chi connectivity index (χ4n) is 3.45. The van der Waals surface area contributed by atoms with Gasteiger partial charge < -0.3 is 0 Å². The van der Waals surface area contributed by atoms with Crippen molar-refractivity contribution in [2.24, 2.45) is 5.92 Å². The second-order valence-electron chi connectivity index (χ2n) is 5.91. The summed E-state index contributed by atoms with van der Waals surface area (Å²) in [5.74, 6) is 0.396. The van der Waals surface area contributed by atoms with Crippen LogP contribution in [0.25, 0.3) is 0 Å². The highest BCUT2D eigenvalue weighted by Crippen LogP contribution is 2.41. The lowest BCUT2D eigenvalue weighted by molar-refractivity contribution is -0.130. The largest absolute Gasteiger partial charge is 0.299 e. The number of hydrogen-bond donors (Lipinski definition) is 0. The smallest absolute Gasteiger partial charge is 0.139 e. The molecular weight excluding hydrogens is 258 g/mol. The third-order valence-electron chi connectivity index (χ3n) is 4.63. The van der Waals surface area contributed by atoms with E-state index in [1.54, 1.807) is 0 Å². The Balaban J connectivity index is 1.98. The molecule has 0 aromatic heterocycles. The van der Waals surface area contributed by atoms with Gasteiger partial charge in [0.1, 0.15) is 5.78 Å². The van der Waals surface area contributed by atoms with E-state index in [2.05, 4.69) is 43.1 Å². The molecule has 0 aliphatic carbocycles. The first-order valence-corrected chi connectivity index (χ1v) is 7.53. The molecule has 2 heteroatoms. The standard InChI is InChI=1S/C19H21NO/c1-14-18(21)13-17(15-9-5-3-6-10-15)20(2)19(14)16-11-7-4-8-12-16/h3-12,14,17,19H,13H2,1-2H3. The molecular formula is C19H21NO. The Morgan fingerprint density at radius 1 is 0.905 bits per heavy atom. The Hall–Kier alpha value is -1.93. The minimum absolute atomic E-state index is 0.0392. The van der Waals surface area contributed by atoms with E-state index >= 15 is 0 Å². The quantitative estimate of drug-likeness (QED) is 0.828. The molecule has 0 N–H and O–H groups in total. The number of piperidine rings is 1. The lowest BCUT2D eigenvalue weighted by Crippen LogP contribution is -2.42. The van der Waals surface area contributed by atoms with Gasteiger partial charge in [-0.25, -0.2) is 0 Å². The second-order valence-corrected chi connectivity index (χ2v) is 5.91. The SMILES string of the molecule is CC1C(=O)CC(c2ccccc2)N(C)C1c1ccccc1. The third-order valence-corrected chi connectivity index (χ3v) is 4.63. The van der Waals surface area contributed by atoms with E-state index in [1.165, 1.54) is 11.1 Å². The average Bonchev–Trinajstić information content (AvgIpc) is 2.53. The Labute approximate surface area is 126 Å². The molecule has 108 valence electrons. The molecule has 0 spiro atoms. The lowest BCUT2D eigenvalue weighted by Gasteiger charge is -2.43. The van der Waals surface area contributed by atoms with Gasteiger partial charge >= 0.3 is 0 Å². The second kappa shape index (κ2) is 5.82. The first-order chi connectivity index (χ1) is 10.2. The minimum atomic E-state index is 0.0392.